The molecule has 2 aromatic heterocycles. The standard InChI is InChI=1S/C32H44N10O4/c1-38-15-17-39(18-16-38)14-11-33-31(43)35-23-5-3-22(4-6-23)28-36-29(41-20-25-7-8-26(21-41)46-25)27-19-34-42(30(27)37-28)24-9-12-40(13-10-24)32(44)45-2/h3-6,19,24-26H,7-18,20-21H2,1-2H3,(H2,33,35,43). The first-order chi connectivity index (χ1) is 22.4. The van der Waals surface area contributed by atoms with Crippen molar-refractivity contribution in [2.45, 2.75) is 43.9 Å². The number of benzene rings is 1. The molecule has 4 aliphatic heterocycles. The molecule has 2 atom stereocenters. The smallest absolute Gasteiger partial charge is 0.409 e. The lowest BCUT2D eigenvalue weighted by Crippen LogP contribution is -2.47. The van der Waals surface area contributed by atoms with Gasteiger partial charge in [0.05, 0.1) is 36.9 Å². The fourth-order valence-corrected chi connectivity index (χ4v) is 7.03. The topological polar surface area (TPSA) is 133 Å². The Labute approximate surface area is 269 Å². The number of fused-ring (bicyclic) bond motifs is 3. The number of amides is 3. The summed E-state index contributed by atoms with van der Waals surface area (Å²) in [6, 6.07) is 7.56. The summed E-state index contributed by atoms with van der Waals surface area (Å²) in [5.41, 5.74) is 2.35. The van der Waals surface area contributed by atoms with Gasteiger partial charge in [0.2, 0.25) is 0 Å². The number of hydrogen-bond donors (Lipinski definition) is 2. The summed E-state index contributed by atoms with van der Waals surface area (Å²) < 4.78 is 13.1. The van der Waals surface area contributed by atoms with E-state index in [1.165, 1.54) is 7.11 Å². The van der Waals surface area contributed by atoms with Gasteiger partial charge < -0.3 is 34.8 Å². The van der Waals surface area contributed by atoms with Crippen molar-refractivity contribution in [3.05, 3.63) is 30.5 Å². The molecule has 0 radical (unpaired) electrons. The Balaban J connectivity index is 1.08. The normalized spacial score (nSPS) is 22.7. The molecule has 1 aromatic carbocycles. The van der Waals surface area contributed by atoms with Crippen LogP contribution >= 0.6 is 0 Å². The van der Waals surface area contributed by atoms with Gasteiger partial charge in [-0.2, -0.15) is 5.10 Å². The van der Waals surface area contributed by atoms with Crippen LogP contribution in [0.2, 0.25) is 0 Å². The molecule has 4 aliphatic rings. The third-order valence-electron chi connectivity index (χ3n) is 9.73. The number of aromatic nitrogens is 4. The second-order valence-corrected chi connectivity index (χ2v) is 12.9. The number of ether oxygens (including phenoxy) is 2. The van der Waals surface area contributed by atoms with E-state index in [9.17, 15) is 9.59 Å². The highest BCUT2D eigenvalue weighted by atomic mass is 16.5. The van der Waals surface area contributed by atoms with Crippen molar-refractivity contribution in [1.82, 2.24) is 39.8 Å². The number of methoxy groups -OCH3 is 1. The number of urea groups is 1. The van der Waals surface area contributed by atoms with E-state index in [2.05, 4.69) is 32.4 Å². The molecule has 6 heterocycles. The molecule has 4 fully saturated rings. The summed E-state index contributed by atoms with van der Waals surface area (Å²) >= 11 is 0. The molecule has 3 amide bonds. The van der Waals surface area contributed by atoms with E-state index in [-0.39, 0.29) is 30.4 Å². The molecule has 2 unspecified atom stereocenters. The average Bonchev–Trinajstić information content (AvgIpc) is 3.67. The molecule has 14 heteroatoms. The van der Waals surface area contributed by atoms with Crippen LogP contribution in [0.1, 0.15) is 31.7 Å². The SMILES string of the molecule is COC(=O)N1CCC(n2ncc3c(N4CC5CCC(C4)O5)nc(-c4ccc(NC(=O)NCCN5CCN(C)CC5)cc4)nc32)CC1. The maximum atomic E-state index is 12.6. The van der Waals surface area contributed by atoms with Gasteiger partial charge in [-0.15, -0.1) is 0 Å². The van der Waals surface area contributed by atoms with Crippen molar-refractivity contribution in [2.24, 2.45) is 0 Å². The lowest BCUT2D eigenvalue weighted by molar-refractivity contribution is 0.0303. The van der Waals surface area contributed by atoms with Gasteiger partial charge in [0.15, 0.2) is 11.5 Å². The summed E-state index contributed by atoms with van der Waals surface area (Å²) in [5.74, 6) is 1.48. The monoisotopic (exact) mass is 632 g/mol. The van der Waals surface area contributed by atoms with Gasteiger partial charge in [-0.1, -0.05) is 0 Å². The summed E-state index contributed by atoms with van der Waals surface area (Å²) in [6.07, 6.45) is 5.68. The number of nitrogens with zero attached hydrogens (tertiary/aromatic N) is 8. The molecule has 7 rings (SSSR count). The zero-order valence-corrected chi connectivity index (χ0v) is 26.7. The number of piperidine rings is 1. The number of piperazine rings is 1. The van der Waals surface area contributed by atoms with Crippen LogP contribution in [0.15, 0.2) is 30.5 Å². The first-order valence-corrected chi connectivity index (χ1v) is 16.5. The fraction of sp³-hybridized carbons (Fsp3) is 0.594. The minimum absolute atomic E-state index is 0.108. The van der Waals surface area contributed by atoms with Crippen molar-refractivity contribution in [3.8, 4) is 11.4 Å². The lowest BCUT2D eigenvalue weighted by Gasteiger charge is -2.33. The zero-order chi connectivity index (χ0) is 31.6. The van der Waals surface area contributed by atoms with E-state index in [0.717, 1.165) is 93.9 Å². The maximum Gasteiger partial charge on any atom is 0.409 e. The summed E-state index contributed by atoms with van der Waals surface area (Å²) in [4.78, 5) is 43.6. The molecule has 2 N–H and O–H groups in total. The quantitative estimate of drug-likeness (QED) is 0.401. The Morgan fingerprint density at radius 1 is 0.957 bits per heavy atom. The minimum Gasteiger partial charge on any atom is -0.453 e. The van der Waals surface area contributed by atoms with Gasteiger partial charge in [0, 0.05) is 76.7 Å². The highest BCUT2D eigenvalue weighted by Crippen LogP contribution is 2.35. The molecular formula is C32H44N10O4. The van der Waals surface area contributed by atoms with Gasteiger partial charge in [-0.25, -0.2) is 24.2 Å². The van der Waals surface area contributed by atoms with Crippen molar-refractivity contribution in [3.63, 3.8) is 0 Å². The summed E-state index contributed by atoms with van der Waals surface area (Å²) in [5, 5.41) is 11.7. The van der Waals surface area contributed by atoms with E-state index in [1.807, 2.05) is 35.1 Å². The number of carbonyl (C=O) groups is 2. The lowest BCUT2D eigenvalue weighted by atomic mass is 10.1. The highest BCUT2D eigenvalue weighted by Gasteiger charge is 2.36. The van der Waals surface area contributed by atoms with Crippen LogP contribution in [0.3, 0.4) is 0 Å². The molecule has 3 aromatic rings. The number of hydrogen-bond acceptors (Lipinski definition) is 10. The predicted molar refractivity (Wildman–Crippen MR) is 174 cm³/mol. The molecule has 0 spiro atoms. The van der Waals surface area contributed by atoms with Gasteiger partial charge in [-0.05, 0) is 57.0 Å². The first kappa shape index (κ1) is 30.6. The van der Waals surface area contributed by atoms with Gasteiger partial charge >= 0.3 is 12.1 Å². The van der Waals surface area contributed by atoms with Crippen LogP contribution in [0, 0.1) is 0 Å². The van der Waals surface area contributed by atoms with Gasteiger partial charge in [0.25, 0.3) is 0 Å². The van der Waals surface area contributed by atoms with E-state index < -0.39 is 0 Å². The van der Waals surface area contributed by atoms with E-state index in [4.69, 9.17) is 24.5 Å². The van der Waals surface area contributed by atoms with Crippen LogP contribution in [0.4, 0.5) is 21.1 Å². The predicted octanol–water partition coefficient (Wildman–Crippen LogP) is 2.63. The Morgan fingerprint density at radius 2 is 1.67 bits per heavy atom. The number of carbonyl (C=O) groups excluding carboxylic acids is 2. The van der Waals surface area contributed by atoms with Crippen LogP contribution < -0.4 is 15.5 Å². The second-order valence-electron chi connectivity index (χ2n) is 12.9. The maximum absolute atomic E-state index is 12.6. The zero-order valence-electron chi connectivity index (χ0n) is 26.7. The number of nitrogens with one attached hydrogen (secondary N) is 2. The molecule has 0 aliphatic carbocycles. The van der Waals surface area contributed by atoms with Crippen molar-refractivity contribution in [1.29, 1.82) is 0 Å². The Kier molecular flexibility index (Phi) is 8.91. The van der Waals surface area contributed by atoms with Crippen LogP contribution in [-0.4, -0.2) is 138 Å². The van der Waals surface area contributed by atoms with Gasteiger partial charge in [0.1, 0.15) is 5.82 Å². The number of anilines is 2. The molecule has 2 bridgehead atoms. The first-order valence-electron chi connectivity index (χ1n) is 16.5. The van der Waals surface area contributed by atoms with Crippen molar-refractivity contribution >= 4 is 34.7 Å². The van der Waals surface area contributed by atoms with Gasteiger partial charge in [-0.3, -0.25) is 4.90 Å². The van der Waals surface area contributed by atoms with Crippen molar-refractivity contribution in [2.75, 3.05) is 89.8 Å². The highest BCUT2D eigenvalue weighted by molar-refractivity contribution is 5.90. The van der Waals surface area contributed by atoms with Crippen molar-refractivity contribution < 1.29 is 19.1 Å². The Morgan fingerprint density at radius 3 is 2.37 bits per heavy atom. The minimum atomic E-state index is -0.293. The largest absolute Gasteiger partial charge is 0.453 e. The molecular weight excluding hydrogens is 588 g/mol. The molecule has 0 saturated carbocycles. The Bertz CT molecular complexity index is 1520. The van der Waals surface area contributed by atoms with E-state index in [1.54, 1.807) is 4.90 Å². The third kappa shape index (κ3) is 6.60. The fourth-order valence-electron chi connectivity index (χ4n) is 7.03. The molecule has 246 valence electrons. The summed E-state index contributed by atoms with van der Waals surface area (Å²) in [6.45, 7) is 8.40. The third-order valence-corrected chi connectivity index (χ3v) is 9.73. The van der Waals surface area contributed by atoms with Crippen LogP contribution in [0.25, 0.3) is 22.4 Å². The second kappa shape index (κ2) is 13.4. The number of morpholine rings is 1. The Hall–Kier alpha value is -4.01. The van der Waals surface area contributed by atoms with Crippen LogP contribution in [-0.2, 0) is 9.47 Å². The molecule has 14 nitrogen and oxygen atoms in total. The average molecular weight is 633 g/mol. The molecule has 4 saturated heterocycles. The van der Waals surface area contributed by atoms with Crippen LogP contribution in [0.5, 0.6) is 0 Å². The van der Waals surface area contributed by atoms with E-state index >= 15 is 0 Å². The number of likely N-dealkylation sites (tertiary alicyclic amines) is 1. The van der Waals surface area contributed by atoms with E-state index in [0.29, 0.717) is 31.1 Å². The number of rotatable bonds is 7. The number of likely N-dealkylation sites (N-methyl/N-ethyl adjacent to an activating group) is 1. The molecule has 46 heavy (non-hydrogen) atoms. The summed E-state index contributed by atoms with van der Waals surface area (Å²) in [7, 11) is 3.56.